The van der Waals surface area contributed by atoms with E-state index in [9.17, 15) is 0 Å². The number of nitrogens with two attached hydrogens (primary N) is 1. The van der Waals surface area contributed by atoms with Gasteiger partial charge in [-0.1, -0.05) is 6.08 Å². The average molecular weight is 167 g/mol. The molecular formula is C7H9N3S. The summed E-state index contributed by atoms with van der Waals surface area (Å²) in [6, 6.07) is 3.78. The van der Waals surface area contributed by atoms with Crippen LogP contribution in [-0.2, 0) is 0 Å². The van der Waals surface area contributed by atoms with Gasteiger partial charge in [0.2, 0.25) is 0 Å². The molecule has 1 aromatic heterocycles. The molecule has 0 aromatic carbocycles. The van der Waals surface area contributed by atoms with Crippen LogP contribution in [0.5, 0.6) is 0 Å². The van der Waals surface area contributed by atoms with Crippen molar-refractivity contribution >= 4 is 11.8 Å². The first-order valence-corrected chi connectivity index (χ1v) is 4.19. The normalized spacial score (nSPS) is 10.5. The monoisotopic (exact) mass is 167 g/mol. The van der Waals surface area contributed by atoms with E-state index in [2.05, 4.69) is 10.2 Å². The summed E-state index contributed by atoms with van der Waals surface area (Å²) in [7, 11) is 0. The topological polar surface area (TPSA) is 51.8 Å². The van der Waals surface area contributed by atoms with E-state index in [1.807, 2.05) is 18.2 Å². The van der Waals surface area contributed by atoms with Crippen LogP contribution in [-0.4, -0.2) is 16.0 Å². The van der Waals surface area contributed by atoms with Gasteiger partial charge in [0.15, 0.2) is 0 Å². The molecule has 0 amide bonds. The SMILES string of the molecule is NC=CCSc1cccnn1. The first-order valence-electron chi connectivity index (χ1n) is 3.20. The van der Waals surface area contributed by atoms with Gasteiger partial charge in [0.25, 0.3) is 0 Å². The third kappa shape index (κ3) is 3.04. The highest BCUT2D eigenvalue weighted by Gasteiger charge is 1.89. The zero-order valence-corrected chi connectivity index (χ0v) is 6.79. The molecule has 0 aliphatic heterocycles. The summed E-state index contributed by atoms with van der Waals surface area (Å²) in [5.74, 6) is 0.842. The smallest absolute Gasteiger partial charge is 0.119 e. The van der Waals surface area contributed by atoms with Gasteiger partial charge in [-0.25, -0.2) is 0 Å². The summed E-state index contributed by atoms with van der Waals surface area (Å²) in [5, 5.41) is 8.55. The van der Waals surface area contributed by atoms with Gasteiger partial charge < -0.3 is 5.73 Å². The van der Waals surface area contributed by atoms with Crippen molar-refractivity contribution < 1.29 is 0 Å². The average Bonchev–Trinajstić information content (AvgIpc) is 2.07. The van der Waals surface area contributed by atoms with E-state index in [4.69, 9.17) is 5.73 Å². The van der Waals surface area contributed by atoms with Gasteiger partial charge in [-0.05, 0) is 18.3 Å². The zero-order valence-electron chi connectivity index (χ0n) is 5.97. The van der Waals surface area contributed by atoms with Gasteiger partial charge in [0.1, 0.15) is 5.03 Å². The first kappa shape index (κ1) is 8.07. The predicted molar refractivity (Wildman–Crippen MR) is 46.1 cm³/mol. The molecule has 58 valence electrons. The molecule has 0 unspecified atom stereocenters. The molecule has 1 aromatic rings. The lowest BCUT2D eigenvalue weighted by molar-refractivity contribution is 0.930. The highest BCUT2D eigenvalue weighted by atomic mass is 32.2. The number of hydrogen-bond donors (Lipinski definition) is 1. The fourth-order valence-electron chi connectivity index (χ4n) is 0.553. The molecule has 0 atom stereocenters. The third-order valence-corrected chi connectivity index (χ3v) is 1.88. The number of hydrogen-bond acceptors (Lipinski definition) is 4. The Kier molecular flexibility index (Phi) is 3.47. The zero-order chi connectivity index (χ0) is 7.94. The largest absolute Gasteiger partial charge is 0.405 e. The van der Waals surface area contributed by atoms with Crippen LogP contribution < -0.4 is 5.73 Å². The Bertz CT molecular complexity index is 222. The lowest BCUT2D eigenvalue weighted by Crippen LogP contribution is -1.83. The van der Waals surface area contributed by atoms with E-state index < -0.39 is 0 Å². The Morgan fingerprint density at radius 2 is 2.55 bits per heavy atom. The maximum Gasteiger partial charge on any atom is 0.119 e. The molecule has 0 spiro atoms. The highest BCUT2D eigenvalue weighted by molar-refractivity contribution is 7.99. The first-order chi connectivity index (χ1) is 5.43. The number of aromatic nitrogens is 2. The van der Waals surface area contributed by atoms with Crippen molar-refractivity contribution in [2.45, 2.75) is 5.03 Å². The van der Waals surface area contributed by atoms with Crippen LogP contribution in [0.3, 0.4) is 0 Å². The minimum Gasteiger partial charge on any atom is -0.405 e. The second-order valence-corrected chi connectivity index (χ2v) is 2.84. The fourth-order valence-corrected chi connectivity index (χ4v) is 1.21. The quantitative estimate of drug-likeness (QED) is 0.683. The maximum atomic E-state index is 5.16. The van der Waals surface area contributed by atoms with Gasteiger partial charge in [0, 0.05) is 11.9 Å². The molecule has 0 fully saturated rings. The lowest BCUT2D eigenvalue weighted by Gasteiger charge is -1.92. The minimum atomic E-state index is 0.842. The van der Waals surface area contributed by atoms with E-state index in [0.717, 1.165) is 10.8 Å². The summed E-state index contributed by atoms with van der Waals surface area (Å²) >= 11 is 1.60. The van der Waals surface area contributed by atoms with Gasteiger partial charge >= 0.3 is 0 Å². The fraction of sp³-hybridized carbons (Fsp3) is 0.143. The lowest BCUT2D eigenvalue weighted by atomic mass is 10.6. The van der Waals surface area contributed by atoms with Crippen LogP contribution in [0.15, 0.2) is 35.6 Å². The Balaban J connectivity index is 2.39. The van der Waals surface area contributed by atoms with E-state index in [1.165, 1.54) is 6.20 Å². The van der Waals surface area contributed by atoms with Gasteiger partial charge in [-0.3, -0.25) is 0 Å². The standard InChI is InChI=1S/C7H9N3S/c8-4-2-6-11-7-3-1-5-9-10-7/h1-5H,6,8H2. The van der Waals surface area contributed by atoms with E-state index >= 15 is 0 Å². The molecule has 4 heteroatoms. The van der Waals surface area contributed by atoms with Crippen molar-refractivity contribution in [3.05, 3.63) is 30.6 Å². The van der Waals surface area contributed by atoms with E-state index in [0.29, 0.717) is 0 Å². The number of nitrogens with zero attached hydrogens (tertiary/aromatic N) is 2. The molecular weight excluding hydrogens is 158 g/mol. The van der Waals surface area contributed by atoms with Gasteiger partial charge in [0.05, 0.1) is 0 Å². The van der Waals surface area contributed by atoms with Crippen LogP contribution in [0.2, 0.25) is 0 Å². The molecule has 0 bridgehead atoms. The molecule has 1 rings (SSSR count). The summed E-state index contributed by atoms with van der Waals surface area (Å²) in [5.41, 5.74) is 5.16. The summed E-state index contributed by atoms with van der Waals surface area (Å²) < 4.78 is 0. The Labute approximate surface area is 69.7 Å². The molecule has 0 saturated carbocycles. The van der Waals surface area contributed by atoms with Crippen LogP contribution >= 0.6 is 11.8 Å². The Hall–Kier alpha value is -1.03. The maximum absolute atomic E-state index is 5.16. The molecule has 0 radical (unpaired) electrons. The third-order valence-electron chi connectivity index (χ3n) is 1.01. The van der Waals surface area contributed by atoms with Crippen molar-refractivity contribution in [2.75, 3.05) is 5.75 Å². The number of thioether (sulfide) groups is 1. The molecule has 11 heavy (non-hydrogen) atoms. The van der Waals surface area contributed by atoms with E-state index in [-0.39, 0.29) is 0 Å². The molecule has 1 heterocycles. The molecule has 3 nitrogen and oxygen atoms in total. The van der Waals surface area contributed by atoms with Crippen molar-refractivity contribution in [1.29, 1.82) is 0 Å². The number of rotatable bonds is 3. The van der Waals surface area contributed by atoms with Gasteiger partial charge in [-0.15, -0.1) is 16.9 Å². The van der Waals surface area contributed by atoms with Crippen LogP contribution in [0.25, 0.3) is 0 Å². The van der Waals surface area contributed by atoms with Crippen molar-refractivity contribution in [3.8, 4) is 0 Å². The van der Waals surface area contributed by atoms with Crippen molar-refractivity contribution in [3.63, 3.8) is 0 Å². The van der Waals surface area contributed by atoms with Crippen molar-refractivity contribution in [2.24, 2.45) is 5.73 Å². The second-order valence-electron chi connectivity index (χ2n) is 1.80. The van der Waals surface area contributed by atoms with E-state index in [1.54, 1.807) is 18.0 Å². The molecule has 0 aliphatic carbocycles. The summed E-state index contributed by atoms with van der Waals surface area (Å²) in [6.45, 7) is 0. The second kappa shape index (κ2) is 4.73. The molecule has 0 aliphatic rings. The predicted octanol–water partition coefficient (Wildman–Crippen LogP) is 1.04. The van der Waals surface area contributed by atoms with Crippen LogP contribution in [0.4, 0.5) is 0 Å². The van der Waals surface area contributed by atoms with Gasteiger partial charge in [-0.2, -0.15) is 5.10 Å². The summed E-state index contributed by atoms with van der Waals surface area (Å²) in [4.78, 5) is 0. The molecule has 0 saturated heterocycles. The minimum absolute atomic E-state index is 0.842. The Morgan fingerprint density at radius 3 is 3.18 bits per heavy atom. The highest BCUT2D eigenvalue weighted by Crippen LogP contribution is 2.12. The van der Waals surface area contributed by atoms with Crippen LogP contribution in [0.1, 0.15) is 0 Å². The van der Waals surface area contributed by atoms with Crippen molar-refractivity contribution in [1.82, 2.24) is 10.2 Å². The summed E-state index contributed by atoms with van der Waals surface area (Å²) in [6.07, 6.45) is 5.06. The molecule has 2 N–H and O–H groups in total. The Morgan fingerprint density at radius 1 is 1.64 bits per heavy atom. The van der Waals surface area contributed by atoms with Crippen LogP contribution in [0, 0.1) is 0 Å².